The molecule has 3 amide bonds. The molecule has 224 valence electrons. The molecule has 0 bridgehead atoms. The van der Waals surface area contributed by atoms with Crippen molar-refractivity contribution in [1.82, 2.24) is 21.1 Å². The standard InChI is InChI=1S/C26H31F3N4O8/c1-14-8-18(33-41-14)22(35)31-20(12-39-4)24(37)32-19(11-38-3)23(36)30-17(21(34)25(2)13-40-25)10-15-6-5-7-16(9-15)26(27,28)29/h5-9,17,19-20H,10-13H2,1-4H3,(H,30,36)(H,31,35)(H,32,37)/t17-,19-,20-,25+/m0/s1. The van der Waals surface area contributed by atoms with E-state index in [1.54, 1.807) is 6.92 Å². The zero-order valence-electron chi connectivity index (χ0n) is 22.8. The molecule has 4 atom stereocenters. The van der Waals surface area contributed by atoms with Gasteiger partial charge in [0, 0.05) is 20.3 Å². The number of nitrogens with zero attached hydrogens (tertiary/aromatic N) is 1. The topological polar surface area (TPSA) is 161 Å². The van der Waals surface area contributed by atoms with Gasteiger partial charge in [-0.15, -0.1) is 0 Å². The fraction of sp³-hybridized carbons (Fsp3) is 0.500. The van der Waals surface area contributed by atoms with Crippen LogP contribution in [-0.2, 0) is 41.2 Å². The van der Waals surface area contributed by atoms with E-state index in [0.29, 0.717) is 5.76 Å². The zero-order chi connectivity index (χ0) is 30.4. The molecule has 0 spiro atoms. The molecule has 12 nitrogen and oxygen atoms in total. The summed E-state index contributed by atoms with van der Waals surface area (Å²) in [5.41, 5.74) is -2.03. The summed E-state index contributed by atoms with van der Waals surface area (Å²) < 4.78 is 59.8. The molecule has 1 fully saturated rings. The predicted molar refractivity (Wildman–Crippen MR) is 135 cm³/mol. The Bertz CT molecular complexity index is 1260. The molecule has 1 aliphatic rings. The van der Waals surface area contributed by atoms with Gasteiger partial charge in [-0.05, 0) is 31.9 Å². The van der Waals surface area contributed by atoms with Crippen molar-refractivity contribution < 1.29 is 51.1 Å². The second kappa shape index (κ2) is 13.2. The van der Waals surface area contributed by atoms with Gasteiger partial charge < -0.3 is 34.7 Å². The Morgan fingerprint density at radius 3 is 2.10 bits per heavy atom. The second-order valence-corrected chi connectivity index (χ2v) is 9.67. The number of nitrogens with one attached hydrogen (secondary N) is 3. The first-order valence-corrected chi connectivity index (χ1v) is 12.4. The number of aromatic nitrogens is 1. The number of rotatable bonds is 14. The fourth-order valence-corrected chi connectivity index (χ4v) is 3.89. The molecule has 3 N–H and O–H groups in total. The predicted octanol–water partition coefficient (Wildman–Crippen LogP) is 0.963. The van der Waals surface area contributed by atoms with Gasteiger partial charge in [-0.25, -0.2) is 0 Å². The first-order chi connectivity index (χ1) is 19.3. The van der Waals surface area contributed by atoms with E-state index in [-0.39, 0.29) is 37.5 Å². The van der Waals surface area contributed by atoms with E-state index < -0.39 is 59.0 Å². The molecule has 1 aliphatic heterocycles. The summed E-state index contributed by atoms with van der Waals surface area (Å²) in [5, 5.41) is 11.0. The van der Waals surface area contributed by atoms with E-state index >= 15 is 0 Å². The molecule has 41 heavy (non-hydrogen) atoms. The highest BCUT2D eigenvalue weighted by molar-refractivity contribution is 5.99. The minimum Gasteiger partial charge on any atom is -0.382 e. The van der Waals surface area contributed by atoms with Crippen LogP contribution in [0.4, 0.5) is 13.2 Å². The Labute approximate surface area is 233 Å². The monoisotopic (exact) mass is 584 g/mol. The Balaban J connectivity index is 1.75. The summed E-state index contributed by atoms with van der Waals surface area (Å²) in [6, 6.07) is 1.89. The van der Waals surface area contributed by atoms with E-state index in [9.17, 15) is 32.3 Å². The number of Topliss-reactive ketones (excluding diaryl/α,β-unsaturated/α-hetero) is 1. The van der Waals surface area contributed by atoms with Crippen molar-refractivity contribution in [2.24, 2.45) is 0 Å². The number of amides is 3. The maximum absolute atomic E-state index is 13.3. The lowest BCUT2D eigenvalue weighted by Gasteiger charge is -2.25. The highest BCUT2D eigenvalue weighted by Crippen LogP contribution is 2.31. The van der Waals surface area contributed by atoms with Gasteiger partial charge in [-0.3, -0.25) is 19.2 Å². The summed E-state index contributed by atoms with van der Waals surface area (Å²) in [5.74, 6) is -2.55. The number of hydrogen-bond donors (Lipinski definition) is 3. The molecule has 15 heteroatoms. The van der Waals surface area contributed by atoms with Gasteiger partial charge in [-0.2, -0.15) is 13.2 Å². The Morgan fingerprint density at radius 1 is 1.00 bits per heavy atom. The lowest BCUT2D eigenvalue weighted by molar-refractivity contribution is -0.137. The normalized spacial score (nSPS) is 18.6. The summed E-state index contributed by atoms with van der Waals surface area (Å²) in [4.78, 5) is 51.9. The fourth-order valence-electron chi connectivity index (χ4n) is 3.89. The number of halogens is 3. The van der Waals surface area contributed by atoms with Crippen LogP contribution in [0.5, 0.6) is 0 Å². The van der Waals surface area contributed by atoms with Crippen molar-refractivity contribution in [1.29, 1.82) is 0 Å². The minimum atomic E-state index is -4.60. The molecular weight excluding hydrogens is 553 g/mol. The molecule has 2 heterocycles. The number of aryl methyl sites for hydroxylation is 1. The molecule has 0 radical (unpaired) electrons. The van der Waals surface area contributed by atoms with Gasteiger partial charge in [-0.1, -0.05) is 23.4 Å². The first kappa shape index (κ1) is 31.7. The maximum Gasteiger partial charge on any atom is 0.416 e. The van der Waals surface area contributed by atoms with Crippen LogP contribution in [0, 0.1) is 6.92 Å². The van der Waals surface area contributed by atoms with Gasteiger partial charge in [0.25, 0.3) is 5.91 Å². The van der Waals surface area contributed by atoms with Crippen molar-refractivity contribution >= 4 is 23.5 Å². The van der Waals surface area contributed by atoms with Crippen molar-refractivity contribution in [2.45, 2.75) is 50.2 Å². The average molecular weight is 585 g/mol. The van der Waals surface area contributed by atoms with Crippen LogP contribution in [0.25, 0.3) is 0 Å². The highest BCUT2D eigenvalue weighted by atomic mass is 19.4. The summed E-state index contributed by atoms with van der Waals surface area (Å²) in [7, 11) is 2.58. The van der Waals surface area contributed by atoms with Crippen molar-refractivity contribution in [2.75, 3.05) is 34.0 Å². The van der Waals surface area contributed by atoms with Gasteiger partial charge in [0.1, 0.15) is 23.4 Å². The number of benzene rings is 1. The SMILES string of the molecule is COC[C@H](NC(=O)c1cc(C)on1)C(=O)N[C@@H](COC)C(=O)N[C@@H](Cc1cccc(C(F)(F)F)c1)C(=O)[C@@]1(C)CO1. The van der Waals surface area contributed by atoms with Crippen LogP contribution in [0.15, 0.2) is 34.9 Å². The maximum atomic E-state index is 13.3. The van der Waals surface area contributed by atoms with E-state index in [2.05, 4.69) is 21.1 Å². The molecule has 0 unspecified atom stereocenters. The minimum absolute atomic E-state index is 0.0747. The molecule has 1 aromatic carbocycles. The zero-order valence-corrected chi connectivity index (χ0v) is 22.8. The third-order valence-corrected chi connectivity index (χ3v) is 6.21. The van der Waals surface area contributed by atoms with Crippen molar-refractivity contribution in [3.05, 3.63) is 52.9 Å². The van der Waals surface area contributed by atoms with Crippen LogP contribution < -0.4 is 16.0 Å². The quantitative estimate of drug-likeness (QED) is 0.275. The molecule has 3 rings (SSSR count). The number of carbonyl (C=O) groups excluding carboxylic acids is 4. The molecule has 0 saturated carbocycles. The molecule has 1 aromatic heterocycles. The van der Waals surface area contributed by atoms with Gasteiger partial charge in [0.15, 0.2) is 11.5 Å². The van der Waals surface area contributed by atoms with Gasteiger partial charge in [0.05, 0.1) is 31.4 Å². The highest BCUT2D eigenvalue weighted by Gasteiger charge is 2.50. The van der Waals surface area contributed by atoms with Gasteiger partial charge in [0.2, 0.25) is 11.8 Å². The van der Waals surface area contributed by atoms with Crippen LogP contribution in [0.1, 0.15) is 34.3 Å². The lowest BCUT2D eigenvalue weighted by atomic mass is 9.94. The van der Waals surface area contributed by atoms with Crippen LogP contribution in [0.3, 0.4) is 0 Å². The van der Waals surface area contributed by atoms with Crippen LogP contribution in [0.2, 0.25) is 0 Å². The number of epoxide rings is 1. The van der Waals surface area contributed by atoms with E-state index in [1.807, 2.05) is 0 Å². The third-order valence-electron chi connectivity index (χ3n) is 6.21. The number of ether oxygens (including phenoxy) is 3. The van der Waals surface area contributed by atoms with Crippen molar-refractivity contribution in [3.8, 4) is 0 Å². The van der Waals surface area contributed by atoms with Crippen LogP contribution in [-0.4, -0.2) is 86.4 Å². The molecular formula is C26H31F3N4O8. The summed E-state index contributed by atoms with van der Waals surface area (Å²) >= 11 is 0. The third kappa shape index (κ3) is 8.58. The Morgan fingerprint density at radius 2 is 1.59 bits per heavy atom. The summed E-state index contributed by atoms with van der Waals surface area (Å²) in [6.07, 6.45) is -4.86. The Hall–Kier alpha value is -3.82. The van der Waals surface area contributed by atoms with E-state index in [4.69, 9.17) is 18.7 Å². The number of carbonyl (C=O) groups is 4. The number of ketones is 1. The average Bonchev–Trinajstić information content (AvgIpc) is 3.52. The summed E-state index contributed by atoms with van der Waals surface area (Å²) in [6.45, 7) is 2.58. The smallest absolute Gasteiger partial charge is 0.382 e. The lowest BCUT2D eigenvalue weighted by Crippen LogP contribution is -2.59. The molecule has 2 aromatic rings. The molecule has 0 aliphatic carbocycles. The number of alkyl halides is 3. The number of hydrogen-bond acceptors (Lipinski definition) is 9. The van der Waals surface area contributed by atoms with Crippen molar-refractivity contribution in [3.63, 3.8) is 0 Å². The first-order valence-electron chi connectivity index (χ1n) is 12.4. The number of methoxy groups -OCH3 is 2. The van der Waals surface area contributed by atoms with E-state index in [1.165, 1.54) is 39.3 Å². The molecule has 1 saturated heterocycles. The van der Waals surface area contributed by atoms with E-state index in [0.717, 1.165) is 12.1 Å². The second-order valence-electron chi connectivity index (χ2n) is 9.67. The Kier molecular flexibility index (Phi) is 10.2. The van der Waals surface area contributed by atoms with Gasteiger partial charge >= 0.3 is 6.18 Å². The largest absolute Gasteiger partial charge is 0.416 e. The van der Waals surface area contributed by atoms with Crippen LogP contribution >= 0.6 is 0 Å².